The van der Waals surface area contributed by atoms with Crippen LogP contribution < -0.4 is 14.8 Å². The third-order valence-corrected chi connectivity index (χ3v) is 7.93. The van der Waals surface area contributed by atoms with E-state index in [1.807, 2.05) is 12.1 Å². The Labute approximate surface area is 206 Å². The fourth-order valence-corrected chi connectivity index (χ4v) is 5.79. The average molecular weight is 508 g/mol. The van der Waals surface area contributed by atoms with Gasteiger partial charge in [0.2, 0.25) is 5.91 Å². The molecule has 1 saturated heterocycles. The number of thioether (sulfide) groups is 1. The maximum Gasteiger partial charge on any atom is 0.573 e. The summed E-state index contributed by atoms with van der Waals surface area (Å²) in [5.41, 5.74) is 2.94. The number of hydrogen-bond acceptors (Lipinski definition) is 5. The van der Waals surface area contributed by atoms with Crippen LogP contribution in [-0.2, 0) is 22.0 Å². The van der Waals surface area contributed by atoms with Crippen LogP contribution in [0.3, 0.4) is 0 Å². The maximum atomic E-state index is 13.4. The number of rotatable bonds is 5. The van der Waals surface area contributed by atoms with Crippen molar-refractivity contribution in [1.82, 2.24) is 5.32 Å². The summed E-state index contributed by atoms with van der Waals surface area (Å²) >= 11 is 0.830. The summed E-state index contributed by atoms with van der Waals surface area (Å²) in [5, 5.41) is 1.01. The Morgan fingerprint density at radius 2 is 1.66 bits per heavy atom. The lowest BCUT2D eigenvalue weighted by molar-refractivity contribution is -0.274. The fourth-order valence-electron chi connectivity index (χ4n) is 4.95. The van der Waals surface area contributed by atoms with Crippen molar-refractivity contribution in [2.24, 2.45) is 0 Å². The van der Waals surface area contributed by atoms with Gasteiger partial charge in [0.25, 0.3) is 5.24 Å². The van der Waals surface area contributed by atoms with Crippen LogP contribution >= 0.6 is 11.8 Å². The molecule has 0 spiro atoms. The van der Waals surface area contributed by atoms with E-state index < -0.39 is 22.8 Å². The normalized spacial score (nSPS) is 20.9. The second-order valence-electron chi connectivity index (χ2n) is 10.3. The Bertz CT molecular complexity index is 1190. The molecule has 4 rings (SSSR count). The molecule has 2 aliphatic rings. The molecule has 9 heteroatoms. The van der Waals surface area contributed by atoms with Gasteiger partial charge in [0.1, 0.15) is 11.5 Å². The molecule has 0 aromatic heterocycles. The molecule has 188 valence electrons. The minimum absolute atomic E-state index is 0.0573. The summed E-state index contributed by atoms with van der Waals surface area (Å²) in [5.74, 6) is -0.419. The van der Waals surface area contributed by atoms with E-state index in [9.17, 15) is 22.8 Å². The van der Waals surface area contributed by atoms with Gasteiger partial charge in [-0.05, 0) is 65.0 Å². The van der Waals surface area contributed by atoms with Gasteiger partial charge in [0, 0.05) is 11.1 Å². The molecule has 1 N–H and O–H groups in total. The third kappa shape index (κ3) is 5.01. The largest absolute Gasteiger partial charge is 0.573 e. The Balaban J connectivity index is 1.95. The number of ether oxygens (including phenoxy) is 2. The Hall–Kier alpha value is -2.68. The van der Waals surface area contributed by atoms with Crippen LogP contribution in [0.4, 0.5) is 18.0 Å². The molecular weight excluding hydrogens is 479 g/mol. The molecule has 0 radical (unpaired) electrons. The number of nitrogens with one attached hydrogen (secondary N) is 1. The number of halogens is 3. The van der Waals surface area contributed by atoms with Crippen molar-refractivity contribution < 1.29 is 32.2 Å². The summed E-state index contributed by atoms with van der Waals surface area (Å²) in [6, 6.07) is 8.19. The van der Waals surface area contributed by atoms with Crippen molar-refractivity contribution in [1.29, 1.82) is 0 Å². The van der Waals surface area contributed by atoms with E-state index >= 15 is 0 Å². The van der Waals surface area contributed by atoms with Gasteiger partial charge in [0.15, 0.2) is 0 Å². The van der Waals surface area contributed by atoms with Crippen LogP contribution in [0.5, 0.6) is 11.5 Å². The van der Waals surface area contributed by atoms with Crippen LogP contribution in [0.2, 0.25) is 0 Å². The second kappa shape index (κ2) is 8.76. The van der Waals surface area contributed by atoms with Crippen molar-refractivity contribution >= 4 is 22.9 Å². The SMILES string of the molecule is COc1cc2c(cc1-c1c(CC3SC(=O)NC3=O)cccc1OC(F)(F)F)C(C)(C)CCC2(C)C. The smallest absolute Gasteiger partial charge is 0.496 e. The van der Waals surface area contributed by atoms with E-state index in [0.717, 1.165) is 35.7 Å². The van der Waals surface area contributed by atoms with Gasteiger partial charge in [-0.1, -0.05) is 51.6 Å². The maximum absolute atomic E-state index is 13.4. The molecule has 2 aromatic carbocycles. The minimum atomic E-state index is -4.91. The monoisotopic (exact) mass is 507 g/mol. The van der Waals surface area contributed by atoms with Gasteiger partial charge in [-0.2, -0.15) is 0 Å². The molecule has 1 atom stereocenters. The fraction of sp³-hybridized carbons (Fsp3) is 0.462. The van der Waals surface area contributed by atoms with Gasteiger partial charge in [-0.25, -0.2) is 0 Å². The molecule has 1 fully saturated rings. The number of benzene rings is 2. The zero-order valence-electron chi connectivity index (χ0n) is 20.3. The number of amides is 2. The number of methoxy groups -OCH3 is 1. The Morgan fingerprint density at radius 1 is 1.03 bits per heavy atom. The first-order chi connectivity index (χ1) is 16.2. The molecule has 1 aliphatic carbocycles. The quantitative estimate of drug-likeness (QED) is 0.500. The first-order valence-electron chi connectivity index (χ1n) is 11.3. The number of carbonyl (C=O) groups is 2. The average Bonchev–Trinajstić information content (AvgIpc) is 3.06. The molecule has 1 aliphatic heterocycles. The summed E-state index contributed by atoms with van der Waals surface area (Å²) < 4.78 is 50.4. The van der Waals surface area contributed by atoms with Crippen molar-refractivity contribution in [2.75, 3.05) is 7.11 Å². The molecule has 5 nitrogen and oxygen atoms in total. The van der Waals surface area contributed by atoms with E-state index in [0.29, 0.717) is 16.9 Å². The van der Waals surface area contributed by atoms with Crippen LogP contribution in [0.25, 0.3) is 11.1 Å². The van der Waals surface area contributed by atoms with Gasteiger partial charge in [-0.15, -0.1) is 13.2 Å². The number of alkyl halides is 3. The minimum Gasteiger partial charge on any atom is -0.496 e. The molecular formula is C26H28F3NO4S. The molecule has 2 aromatic rings. The number of fused-ring (bicyclic) bond motifs is 1. The number of carbonyl (C=O) groups excluding carboxylic acids is 2. The summed E-state index contributed by atoms with van der Waals surface area (Å²) in [6.07, 6.45) is -2.96. The predicted molar refractivity (Wildman–Crippen MR) is 129 cm³/mol. The molecule has 2 amide bonds. The van der Waals surface area contributed by atoms with Gasteiger partial charge >= 0.3 is 6.36 Å². The first kappa shape index (κ1) is 25.4. The molecule has 1 unspecified atom stereocenters. The van der Waals surface area contributed by atoms with E-state index in [2.05, 4.69) is 37.7 Å². The van der Waals surface area contributed by atoms with E-state index in [1.165, 1.54) is 19.2 Å². The van der Waals surface area contributed by atoms with E-state index in [1.54, 1.807) is 6.07 Å². The highest BCUT2D eigenvalue weighted by molar-refractivity contribution is 8.15. The summed E-state index contributed by atoms with van der Waals surface area (Å²) in [7, 11) is 1.48. The molecule has 1 heterocycles. The lowest BCUT2D eigenvalue weighted by Gasteiger charge is -2.42. The van der Waals surface area contributed by atoms with E-state index in [4.69, 9.17) is 4.74 Å². The van der Waals surface area contributed by atoms with Gasteiger partial charge in [0.05, 0.1) is 12.4 Å². The standard InChI is InChI=1S/C26H28F3NO4S/c1-24(2)9-10-25(3,4)17-13-19(33-5)15(12-16(17)24)21-14(11-20-22(31)30-23(32)35-20)7-6-8-18(21)34-26(27,28)29/h6-8,12-13,20H,9-11H2,1-5H3,(H,30,31,32). The van der Waals surface area contributed by atoms with E-state index in [-0.39, 0.29) is 28.6 Å². The second-order valence-corrected chi connectivity index (χ2v) is 11.5. The van der Waals surface area contributed by atoms with Crippen LogP contribution in [-0.4, -0.2) is 29.9 Å². The van der Waals surface area contributed by atoms with Crippen LogP contribution in [0.1, 0.15) is 57.2 Å². The predicted octanol–water partition coefficient (Wildman–Crippen LogP) is 6.50. The Kier molecular flexibility index (Phi) is 6.36. The third-order valence-electron chi connectivity index (χ3n) is 6.95. The molecule has 35 heavy (non-hydrogen) atoms. The zero-order valence-corrected chi connectivity index (χ0v) is 21.1. The highest BCUT2D eigenvalue weighted by Gasteiger charge is 2.40. The van der Waals surface area contributed by atoms with Crippen LogP contribution in [0.15, 0.2) is 30.3 Å². The van der Waals surface area contributed by atoms with Gasteiger partial charge in [-0.3, -0.25) is 14.9 Å². The van der Waals surface area contributed by atoms with Gasteiger partial charge < -0.3 is 9.47 Å². The summed E-state index contributed by atoms with van der Waals surface area (Å²) in [6.45, 7) is 8.56. The number of imide groups is 1. The lowest BCUT2D eigenvalue weighted by Crippen LogP contribution is -2.34. The van der Waals surface area contributed by atoms with Crippen molar-refractivity contribution in [3.63, 3.8) is 0 Å². The summed E-state index contributed by atoms with van der Waals surface area (Å²) in [4.78, 5) is 23.9. The highest BCUT2D eigenvalue weighted by Crippen LogP contribution is 2.51. The lowest BCUT2D eigenvalue weighted by atomic mass is 9.62. The first-order valence-corrected chi connectivity index (χ1v) is 12.2. The van der Waals surface area contributed by atoms with Crippen LogP contribution in [0, 0.1) is 0 Å². The number of hydrogen-bond donors (Lipinski definition) is 1. The zero-order chi connectivity index (χ0) is 25.8. The molecule has 0 saturated carbocycles. The van der Waals surface area contributed by atoms with Crippen molar-refractivity contribution in [3.05, 3.63) is 47.0 Å². The van der Waals surface area contributed by atoms with Crippen molar-refractivity contribution in [3.8, 4) is 22.6 Å². The molecule has 0 bridgehead atoms. The highest BCUT2D eigenvalue weighted by atomic mass is 32.2. The topological polar surface area (TPSA) is 64.6 Å². The van der Waals surface area contributed by atoms with Crippen molar-refractivity contribution in [2.45, 2.75) is 69.4 Å². The Morgan fingerprint density at radius 3 is 2.20 bits per heavy atom.